The van der Waals surface area contributed by atoms with Gasteiger partial charge in [0.15, 0.2) is 0 Å². The van der Waals surface area contributed by atoms with Gasteiger partial charge in [-0.15, -0.1) is 11.8 Å². The Hall–Kier alpha value is -2.10. The topological polar surface area (TPSA) is 128 Å². The summed E-state index contributed by atoms with van der Waals surface area (Å²) >= 11 is 1.52. The number of amides is 3. The number of hydrogen-bond acceptors (Lipinski definition) is 6. The van der Waals surface area contributed by atoms with Gasteiger partial charge >= 0.3 is 0 Å². The van der Waals surface area contributed by atoms with Crippen LogP contribution in [0.2, 0.25) is 0 Å². The number of rotatable bonds is 11. The fourth-order valence-electron chi connectivity index (χ4n) is 3.31. The second-order valence-corrected chi connectivity index (χ2v) is 11.8. The fraction of sp³-hybridized carbons (Fsp3) is 0.625. The number of thioether (sulfide) groups is 1. The maximum Gasteiger partial charge on any atom is 0.272 e. The van der Waals surface area contributed by atoms with E-state index in [2.05, 4.69) is 10.6 Å². The van der Waals surface area contributed by atoms with Crippen molar-refractivity contribution in [1.29, 1.82) is 0 Å². The molecule has 1 aromatic rings. The van der Waals surface area contributed by atoms with Crippen LogP contribution in [0.15, 0.2) is 30.3 Å². The van der Waals surface area contributed by atoms with Crippen LogP contribution in [-0.4, -0.2) is 50.5 Å². The molecule has 0 saturated heterocycles. The van der Waals surface area contributed by atoms with Crippen molar-refractivity contribution in [3.63, 3.8) is 0 Å². The Bertz CT molecular complexity index is 793. The molecule has 0 radical (unpaired) electrons. The summed E-state index contributed by atoms with van der Waals surface area (Å²) in [4.78, 5) is 38.3. The average molecular weight is 482 g/mol. The zero-order valence-electron chi connectivity index (χ0n) is 20.6. The number of benzene rings is 1. The highest BCUT2D eigenvalue weighted by molar-refractivity contribution is 7.99. The van der Waals surface area contributed by atoms with Crippen LogP contribution in [0.3, 0.4) is 0 Å². The van der Waals surface area contributed by atoms with Gasteiger partial charge in [0.05, 0.1) is 5.92 Å². The van der Waals surface area contributed by atoms with E-state index in [0.29, 0.717) is 5.75 Å². The first-order valence-corrected chi connectivity index (χ1v) is 12.1. The van der Waals surface area contributed by atoms with E-state index in [0.717, 1.165) is 5.56 Å². The van der Waals surface area contributed by atoms with Crippen molar-refractivity contribution >= 4 is 29.5 Å². The molecule has 1 unspecified atom stereocenters. The zero-order chi connectivity index (χ0) is 25.4. The third kappa shape index (κ3) is 9.73. The summed E-state index contributed by atoms with van der Waals surface area (Å²) in [5, 5.41) is 25.0. The van der Waals surface area contributed by atoms with Gasteiger partial charge in [0.1, 0.15) is 12.1 Å². The fourth-order valence-corrected chi connectivity index (χ4v) is 4.37. The zero-order valence-corrected chi connectivity index (χ0v) is 21.5. The van der Waals surface area contributed by atoms with Crippen LogP contribution in [0.25, 0.3) is 0 Å². The number of carbonyl (C=O) groups is 3. The van der Waals surface area contributed by atoms with E-state index in [4.69, 9.17) is 5.21 Å². The second-order valence-electron chi connectivity index (χ2n) is 10.2. The van der Waals surface area contributed by atoms with E-state index < -0.39 is 40.2 Å². The molecule has 0 heterocycles. The van der Waals surface area contributed by atoms with Crippen molar-refractivity contribution in [1.82, 2.24) is 16.1 Å². The van der Waals surface area contributed by atoms with E-state index in [1.165, 1.54) is 17.2 Å². The normalized spacial score (nSPS) is 14.8. The minimum atomic E-state index is -1.75. The molecule has 0 bridgehead atoms. The Balaban J connectivity index is 3.18. The summed E-state index contributed by atoms with van der Waals surface area (Å²) in [5.74, 6) is -2.55. The SMILES string of the molecule is CC(C)C[C@@H](C(=O)NC(C(=O)NC(C)(C)C)C(C)(C)SCc1ccccc1)[C@H](O)C(=O)NO. The Kier molecular flexibility index (Phi) is 10.9. The van der Waals surface area contributed by atoms with Crippen LogP contribution in [-0.2, 0) is 20.1 Å². The van der Waals surface area contributed by atoms with Crippen LogP contribution >= 0.6 is 11.8 Å². The number of carbonyl (C=O) groups excluding carboxylic acids is 3. The molecule has 5 N–H and O–H groups in total. The van der Waals surface area contributed by atoms with Gasteiger partial charge in [-0.1, -0.05) is 44.2 Å². The van der Waals surface area contributed by atoms with Crippen molar-refractivity contribution < 1.29 is 24.7 Å². The van der Waals surface area contributed by atoms with E-state index in [9.17, 15) is 19.5 Å². The molecular weight excluding hydrogens is 442 g/mol. The lowest BCUT2D eigenvalue weighted by Gasteiger charge is -2.36. The van der Waals surface area contributed by atoms with Gasteiger partial charge in [0.25, 0.3) is 5.91 Å². The summed E-state index contributed by atoms with van der Waals surface area (Å²) in [6, 6.07) is 8.87. The van der Waals surface area contributed by atoms with E-state index >= 15 is 0 Å². The number of nitrogens with one attached hydrogen (secondary N) is 3. The highest BCUT2D eigenvalue weighted by Crippen LogP contribution is 2.32. The summed E-state index contributed by atoms with van der Waals surface area (Å²) < 4.78 is -0.715. The van der Waals surface area contributed by atoms with Gasteiger partial charge in [-0.3, -0.25) is 19.6 Å². The summed E-state index contributed by atoms with van der Waals surface area (Å²) in [6.45, 7) is 13.0. The third-order valence-corrected chi connectivity index (χ3v) is 6.48. The Morgan fingerprint density at radius 1 is 0.970 bits per heavy atom. The summed E-state index contributed by atoms with van der Waals surface area (Å²) in [7, 11) is 0. The van der Waals surface area contributed by atoms with Crippen LogP contribution in [0, 0.1) is 11.8 Å². The van der Waals surface area contributed by atoms with E-state index in [-0.39, 0.29) is 18.2 Å². The molecule has 186 valence electrons. The van der Waals surface area contributed by atoms with Crippen molar-refractivity contribution in [3.05, 3.63) is 35.9 Å². The molecule has 0 fully saturated rings. The molecule has 33 heavy (non-hydrogen) atoms. The lowest BCUT2D eigenvalue weighted by atomic mass is 9.89. The molecular formula is C24H39N3O5S. The van der Waals surface area contributed by atoms with Gasteiger partial charge in [-0.25, -0.2) is 5.48 Å². The number of aliphatic hydroxyl groups excluding tert-OH is 1. The monoisotopic (exact) mass is 481 g/mol. The maximum absolute atomic E-state index is 13.2. The van der Waals surface area contributed by atoms with E-state index in [1.54, 1.807) is 0 Å². The molecule has 0 aliphatic carbocycles. The van der Waals surface area contributed by atoms with Crippen LogP contribution < -0.4 is 16.1 Å². The lowest BCUT2D eigenvalue weighted by Crippen LogP contribution is -2.61. The molecule has 0 aromatic heterocycles. The van der Waals surface area contributed by atoms with Crippen molar-refractivity contribution in [3.8, 4) is 0 Å². The van der Waals surface area contributed by atoms with Crippen molar-refractivity contribution in [2.24, 2.45) is 11.8 Å². The largest absolute Gasteiger partial charge is 0.382 e. The van der Waals surface area contributed by atoms with Gasteiger partial charge in [0.2, 0.25) is 11.8 Å². The molecule has 0 spiro atoms. The average Bonchev–Trinajstić information content (AvgIpc) is 2.72. The first kappa shape index (κ1) is 28.9. The van der Waals surface area contributed by atoms with Crippen LogP contribution in [0.5, 0.6) is 0 Å². The molecule has 0 aliphatic rings. The molecule has 3 atom stereocenters. The molecule has 1 rings (SSSR count). The third-order valence-electron chi connectivity index (χ3n) is 5.02. The number of hydrogen-bond donors (Lipinski definition) is 5. The first-order chi connectivity index (χ1) is 15.2. The molecule has 1 aromatic carbocycles. The van der Waals surface area contributed by atoms with Crippen LogP contribution in [0.4, 0.5) is 0 Å². The van der Waals surface area contributed by atoms with E-state index in [1.807, 2.05) is 78.8 Å². The minimum Gasteiger partial charge on any atom is -0.382 e. The smallest absolute Gasteiger partial charge is 0.272 e. The molecule has 0 saturated carbocycles. The van der Waals surface area contributed by atoms with Gasteiger partial charge in [0, 0.05) is 16.0 Å². The predicted molar refractivity (Wildman–Crippen MR) is 131 cm³/mol. The standard InChI is InChI=1S/C24H39N3O5S/c1-15(2)13-17(18(28)21(30)27-32)20(29)25-19(22(31)26-23(3,4)5)24(6,7)33-14-16-11-9-8-10-12-16/h8-12,15,17-19,28,32H,13-14H2,1-7H3,(H,25,29)(H,26,31)(H,27,30)/t17-,18+,19?/m1/s1. The second kappa shape index (κ2) is 12.4. The summed E-state index contributed by atoms with van der Waals surface area (Å²) in [5.41, 5.74) is 1.96. The first-order valence-electron chi connectivity index (χ1n) is 11.1. The number of hydroxylamine groups is 1. The van der Waals surface area contributed by atoms with Gasteiger partial charge < -0.3 is 15.7 Å². The highest BCUT2D eigenvalue weighted by Gasteiger charge is 2.41. The Labute approximate surface area is 201 Å². The number of aliphatic hydroxyl groups is 1. The lowest BCUT2D eigenvalue weighted by molar-refractivity contribution is -0.147. The molecule has 3 amide bonds. The van der Waals surface area contributed by atoms with Crippen LogP contribution in [0.1, 0.15) is 60.5 Å². The van der Waals surface area contributed by atoms with Gasteiger partial charge in [-0.05, 0) is 52.5 Å². The van der Waals surface area contributed by atoms with Gasteiger partial charge in [-0.2, -0.15) is 0 Å². The molecule has 9 heteroatoms. The molecule has 8 nitrogen and oxygen atoms in total. The quantitative estimate of drug-likeness (QED) is 0.244. The Morgan fingerprint density at radius 3 is 2.03 bits per heavy atom. The predicted octanol–water partition coefficient (Wildman–Crippen LogP) is 2.63. The van der Waals surface area contributed by atoms with Crippen molar-refractivity contribution in [2.75, 3.05) is 0 Å². The summed E-state index contributed by atoms with van der Waals surface area (Å²) in [6.07, 6.45) is -1.55. The molecule has 0 aliphatic heterocycles. The maximum atomic E-state index is 13.2. The Morgan fingerprint density at radius 2 is 1.55 bits per heavy atom. The minimum absolute atomic E-state index is 0.00999. The highest BCUT2D eigenvalue weighted by atomic mass is 32.2. The van der Waals surface area contributed by atoms with Crippen molar-refractivity contribution in [2.45, 2.75) is 83.1 Å².